The Morgan fingerprint density at radius 1 is 1.12 bits per heavy atom. The minimum Gasteiger partial charge on any atom is -0.370 e. The first kappa shape index (κ1) is 10.7. The molecule has 0 bridgehead atoms. The maximum absolute atomic E-state index is 4.22. The Bertz CT molecular complexity index is 437. The summed E-state index contributed by atoms with van der Waals surface area (Å²) in [7, 11) is 0. The third-order valence-electron chi connectivity index (χ3n) is 2.47. The van der Waals surface area contributed by atoms with Crippen LogP contribution < -0.4 is 5.32 Å². The Hall–Kier alpha value is -1.83. The first-order chi connectivity index (χ1) is 7.84. The fourth-order valence-electron chi connectivity index (χ4n) is 1.67. The molecule has 0 amide bonds. The van der Waals surface area contributed by atoms with Gasteiger partial charge in [0.05, 0.1) is 0 Å². The van der Waals surface area contributed by atoms with Gasteiger partial charge < -0.3 is 5.32 Å². The van der Waals surface area contributed by atoms with Crippen molar-refractivity contribution >= 4 is 5.82 Å². The summed E-state index contributed by atoms with van der Waals surface area (Å²) in [4.78, 5) is 4.22. The number of rotatable bonds is 4. The third-order valence-corrected chi connectivity index (χ3v) is 2.47. The van der Waals surface area contributed by atoms with E-state index in [1.54, 1.807) is 6.20 Å². The van der Waals surface area contributed by atoms with E-state index in [0.29, 0.717) is 0 Å². The van der Waals surface area contributed by atoms with E-state index in [-0.39, 0.29) is 0 Å². The molecule has 1 aromatic heterocycles. The Kier molecular flexibility index (Phi) is 3.54. The SMILES string of the molecule is Cc1cccc(CCNc2ccccn2)c1. The van der Waals surface area contributed by atoms with Crippen molar-refractivity contribution in [2.75, 3.05) is 11.9 Å². The van der Waals surface area contributed by atoms with Crippen molar-refractivity contribution in [3.8, 4) is 0 Å². The van der Waals surface area contributed by atoms with Crippen molar-refractivity contribution < 1.29 is 0 Å². The Balaban J connectivity index is 1.85. The number of anilines is 1. The van der Waals surface area contributed by atoms with E-state index in [4.69, 9.17) is 0 Å². The fourth-order valence-corrected chi connectivity index (χ4v) is 1.67. The number of nitrogens with zero attached hydrogens (tertiary/aromatic N) is 1. The zero-order valence-electron chi connectivity index (χ0n) is 9.48. The average molecular weight is 212 g/mol. The summed E-state index contributed by atoms with van der Waals surface area (Å²) in [5, 5.41) is 3.30. The highest BCUT2D eigenvalue weighted by Crippen LogP contribution is 2.05. The van der Waals surface area contributed by atoms with Gasteiger partial charge >= 0.3 is 0 Å². The standard InChI is InChI=1S/C14H16N2/c1-12-5-4-6-13(11-12)8-10-16-14-7-2-3-9-15-14/h2-7,9,11H,8,10H2,1H3,(H,15,16). The first-order valence-corrected chi connectivity index (χ1v) is 5.55. The van der Waals surface area contributed by atoms with Crippen molar-refractivity contribution in [1.29, 1.82) is 0 Å². The topological polar surface area (TPSA) is 24.9 Å². The van der Waals surface area contributed by atoms with Gasteiger partial charge in [-0.3, -0.25) is 0 Å². The van der Waals surface area contributed by atoms with Crippen LogP contribution in [0.15, 0.2) is 48.7 Å². The second kappa shape index (κ2) is 5.31. The van der Waals surface area contributed by atoms with Gasteiger partial charge in [0.2, 0.25) is 0 Å². The van der Waals surface area contributed by atoms with Crippen molar-refractivity contribution in [3.05, 3.63) is 59.8 Å². The monoisotopic (exact) mass is 212 g/mol. The van der Waals surface area contributed by atoms with Crippen molar-refractivity contribution in [3.63, 3.8) is 0 Å². The molecule has 0 fully saturated rings. The molecule has 0 atom stereocenters. The molecular weight excluding hydrogens is 196 g/mol. The highest BCUT2D eigenvalue weighted by atomic mass is 15.0. The van der Waals surface area contributed by atoms with Crippen LogP contribution in [0.1, 0.15) is 11.1 Å². The van der Waals surface area contributed by atoms with Gasteiger partial charge in [-0.15, -0.1) is 0 Å². The van der Waals surface area contributed by atoms with Crippen molar-refractivity contribution in [2.45, 2.75) is 13.3 Å². The smallest absolute Gasteiger partial charge is 0.125 e. The summed E-state index contributed by atoms with van der Waals surface area (Å²) >= 11 is 0. The lowest BCUT2D eigenvalue weighted by atomic mass is 10.1. The maximum atomic E-state index is 4.22. The number of aryl methyl sites for hydroxylation is 1. The van der Waals surface area contributed by atoms with E-state index in [0.717, 1.165) is 18.8 Å². The summed E-state index contributed by atoms with van der Waals surface area (Å²) in [6, 6.07) is 14.5. The zero-order valence-corrected chi connectivity index (χ0v) is 9.48. The molecule has 1 heterocycles. The molecule has 2 nitrogen and oxygen atoms in total. The average Bonchev–Trinajstić information content (AvgIpc) is 2.30. The molecule has 0 radical (unpaired) electrons. The number of hydrogen-bond donors (Lipinski definition) is 1. The summed E-state index contributed by atoms with van der Waals surface area (Å²) in [5.41, 5.74) is 2.68. The number of benzene rings is 1. The molecule has 82 valence electrons. The van der Waals surface area contributed by atoms with Crippen LogP contribution in [-0.2, 0) is 6.42 Å². The highest BCUT2D eigenvalue weighted by molar-refractivity contribution is 5.33. The lowest BCUT2D eigenvalue weighted by molar-refractivity contribution is 1.00. The van der Waals surface area contributed by atoms with E-state index < -0.39 is 0 Å². The predicted molar refractivity (Wildman–Crippen MR) is 67.6 cm³/mol. The summed E-state index contributed by atoms with van der Waals surface area (Å²) < 4.78 is 0. The second-order valence-electron chi connectivity index (χ2n) is 3.88. The fraction of sp³-hybridized carbons (Fsp3) is 0.214. The minimum absolute atomic E-state index is 0.917. The number of hydrogen-bond acceptors (Lipinski definition) is 2. The molecule has 16 heavy (non-hydrogen) atoms. The van der Waals surface area contributed by atoms with Gasteiger partial charge in [0.25, 0.3) is 0 Å². The van der Waals surface area contributed by atoms with Crippen molar-refractivity contribution in [2.24, 2.45) is 0 Å². The lowest BCUT2D eigenvalue weighted by Crippen LogP contribution is -2.05. The van der Waals surface area contributed by atoms with Crippen molar-refractivity contribution in [1.82, 2.24) is 4.98 Å². The van der Waals surface area contributed by atoms with E-state index in [1.807, 2.05) is 18.2 Å². The molecule has 0 aliphatic carbocycles. The summed E-state index contributed by atoms with van der Waals surface area (Å²) in [6.45, 7) is 3.04. The van der Waals surface area contributed by atoms with E-state index in [9.17, 15) is 0 Å². The van der Waals surface area contributed by atoms with Gasteiger partial charge in [-0.25, -0.2) is 4.98 Å². The van der Waals surface area contributed by atoms with Crippen LogP contribution in [0.25, 0.3) is 0 Å². The Morgan fingerprint density at radius 2 is 2.06 bits per heavy atom. The molecule has 1 N–H and O–H groups in total. The molecule has 0 unspecified atom stereocenters. The molecule has 0 saturated carbocycles. The van der Waals surface area contributed by atoms with Gasteiger partial charge in [0.1, 0.15) is 5.82 Å². The Morgan fingerprint density at radius 3 is 2.81 bits per heavy atom. The number of nitrogens with one attached hydrogen (secondary N) is 1. The van der Waals surface area contributed by atoms with E-state index >= 15 is 0 Å². The minimum atomic E-state index is 0.917. The van der Waals surface area contributed by atoms with Gasteiger partial charge in [0, 0.05) is 12.7 Å². The van der Waals surface area contributed by atoms with Crippen LogP contribution in [0.4, 0.5) is 5.82 Å². The molecule has 0 aliphatic heterocycles. The molecule has 0 aliphatic rings. The molecule has 2 rings (SSSR count). The zero-order chi connectivity index (χ0) is 11.2. The van der Waals surface area contributed by atoms with Crippen LogP contribution >= 0.6 is 0 Å². The van der Waals surface area contributed by atoms with Crippen LogP contribution in [-0.4, -0.2) is 11.5 Å². The molecule has 2 heteroatoms. The quantitative estimate of drug-likeness (QED) is 0.842. The first-order valence-electron chi connectivity index (χ1n) is 5.55. The number of pyridine rings is 1. The summed E-state index contributed by atoms with van der Waals surface area (Å²) in [6.07, 6.45) is 2.83. The molecule has 1 aromatic carbocycles. The van der Waals surface area contributed by atoms with E-state index in [1.165, 1.54) is 11.1 Å². The van der Waals surface area contributed by atoms with Gasteiger partial charge in [-0.1, -0.05) is 35.9 Å². The molecule has 0 saturated heterocycles. The predicted octanol–water partition coefficient (Wildman–Crippen LogP) is 3.04. The van der Waals surface area contributed by atoms with Crippen LogP contribution in [0.5, 0.6) is 0 Å². The largest absolute Gasteiger partial charge is 0.370 e. The maximum Gasteiger partial charge on any atom is 0.125 e. The highest BCUT2D eigenvalue weighted by Gasteiger charge is 1.94. The molecule has 2 aromatic rings. The van der Waals surface area contributed by atoms with Gasteiger partial charge in [0.15, 0.2) is 0 Å². The van der Waals surface area contributed by atoms with E-state index in [2.05, 4.69) is 41.5 Å². The van der Waals surface area contributed by atoms with Crippen LogP contribution in [0.2, 0.25) is 0 Å². The van der Waals surface area contributed by atoms with Crippen LogP contribution in [0, 0.1) is 6.92 Å². The van der Waals surface area contributed by atoms with Gasteiger partial charge in [-0.2, -0.15) is 0 Å². The lowest BCUT2D eigenvalue weighted by Gasteiger charge is -2.05. The molecular formula is C14H16N2. The number of aromatic nitrogens is 1. The van der Waals surface area contributed by atoms with Gasteiger partial charge in [-0.05, 0) is 31.0 Å². The van der Waals surface area contributed by atoms with Crippen LogP contribution in [0.3, 0.4) is 0 Å². The second-order valence-corrected chi connectivity index (χ2v) is 3.88. The third kappa shape index (κ3) is 3.09. The summed E-state index contributed by atoms with van der Waals surface area (Å²) in [5.74, 6) is 0.940. The normalized spacial score (nSPS) is 10.1. The molecule has 0 spiro atoms. The Labute approximate surface area is 96.4 Å².